The van der Waals surface area contributed by atoms with Crippen LogP contribution in [-0.2, 0) is 10.0 Å². The van der Waals surface area contributed by atoms with Crippen LogP contribution in [0.5, 0.6) is 0 Å². The molecule has 0 heterocycles. The van der Waals surface area contributed by atoms with Gasteiger partial charge in [-0.3, -0.25) is 10.1 Å². The number of nitrogens with one attached hydrogen (secondary N) is 1. The lowest BCUT2D eigenvalue weighted by molar-refractivity contribution is -0.384. The predicted molar refractivity (Wildman–Crippen MR) is 91.3 cm³/mol. The first-order chi connectivity index (χ1) is 10.5. The fourth-order valence-corrected chi connectivity index (χ4v) is 3.56. The van der Waals surface area contributed by atoms with Gasteiger partial charge in [0.2, 0.25) is 10.0 Å². The summed E-state index contributed by atoms with van der Waals surface area (Å²) in [6, 6.07) is 4.01. The first-order valence-electron chi connectivity index (χ1n) is 7.51. The van der Waals surface area contributed by atoms with Gasteiger partial charge >= 0.3 is 0 Å². The van der Waals surface area contributed by atoms with Crippen molar-refractivity contribution in [3.05, 3.63) is 28.3 Å². The first-order valence-corrected chi connectivity index (χ1v) is 9.00. The molecule has 0 aliphatic rings. The summed E-state index contributed by atoms with van der Waals surface area (Å²) in [6.45, 7) is 7.85. The van der Waals surface area contributed by atoms with Crippen molar-refractivity contribution in [3.63, 3.8) is 0 Å². The van der Waals surface area contributed by atoms with Crippen LogP contribution < -0.4 is 9.62 Å². The third kappa shape index (κ3) is 5.47. The number of sulfonamides is 1. The molecule has 0 atom stereocenters. The molecule has 7 nitrogen and oxygen atoms in total. The van der Waals surface area contributed by atoms with Gasteiger partial charge in [-0.1, -0.05) is 13.3 Å². The molecular formula is C15H25N3O4S. The fraction of sp³-hybridized carbons (Fsp3) is 0.600. The summed E-state index contributed by atoms with van der Waals surface area (Å²) in [6.07, 6.45) is 1.87. The van der Waals surface area contributed by atoms with Crippen molar-refractivity contribution >= 4 is 21.4 Å². The zero-order chi connectivity index (χ0) is 17.8. The number of nitro benzene ring substituents is 1. The molecule has 1 aromatic rings. The van der Waals surface area contributed by atoms with Crippen molar-refractivity contribution in [2.75, 3.05) is 18.5 Å². The van der Waals surface area contributed by atoms with Crippen LogP contribution in [0.15, 0.2) is 23.1 Å². The molecule has 0 aliphatic carbocycles. The second-order valence-electron chi connectivity index (χ2n) is 6.54. The Kier molecular flexibility index (Phi) is 6.12. The summed E-state index contributed by atoms with van der Waals surface area (Å²) in [5, 5.41) is 11.3. The third-order valence-corrected chi connectivity index (χ3v) is 4.91. The van der Waals surface area contributed by atoms with Gasteiger partial charge < -0.3 is 4.90 Å². The van der Waals surface area contributed by atoms with Crippen LogP contribution in [0.25, 0.3) is 0 Å². The monoisotopic (exact) mass is 343 g/mol. The summed E-state index contributed by atoms with van der Waals surface area (Å²) in [5.41, 5.74) is -0.456. The highest BCUT2D eigenvalue weighted by Gasteiger charge is 2.26. The number of hydrogen-bond acceptors (Lipinski definition) is 5. The number of nitro groups is 1. The van der Waals surface area contributed by atoms with E-state index in [9.17, 15) is 18.5 Å². The van der Waals surface area contributed by atoms with E-state index in [1.165, 1.54) is 12.1 Å². The molecule has 0 saturated carbocycles. The maximum absolute atomic E-state index is 12.3. The lowest BCUT2D eigenvalue weighted by Gasteiger charge is -2.22. The standard InChI is InChI=1S/C15H25N3O4S/c1-6-7-10-17(5)13-9-8-12(11-14(13)18(19)20)23(21,22)16-15(2,3)4/h8-9,11,16H,6-7,10H2,1-5H3. The zero-order valence-electron chi connectivity index (χ0n) is 14.3. The van der Waals surface area contributed by atoms with E-state index in [0.29, 0.717) is 12.2 Å². The fourth-order valence-electron chi connectivity index (χ4n) is 2.12. The highest BCUT2D eigenvalue weighted by Crippen LogP contribution is 2.30. The van der Waals surface area contributed by atoms with Gasteiger partial charge in [-0.15, -0.1) is 0 Å². The Bertz CT molecular complexity index is 666. The van der Waals surface area contributed by atoms with Crippen LogP contribution in [0, 0.1) is 10.1 Å². The Morgan fingerprint density at radius 2 is 1.91 bits per heavy atom. The smallest absolute Gasteiger partial charge is 0.293 e. The molecule has 0 aliphatic heterocycles. The summed E-state index contributed by atoms with van der Waals surface area (Å²) < 4.78 is 27.2. The van der Waals surface area contributed by atoms with Gasteiger partial charge in [0, 0.05) is 25.2 Å². The van der Waals surface area contributed by atoms with Crippen molar-refractivity contribution in [2.24, 2.45) is 0 Å². The highest BCUT2D eigenvalue weighted by atomic mass is 32.2. The van der Waals surface area contributed by atoms with Crippen LogP contribution in [0.3, 0.4) is 0 Å². The topological polar surface area (TPSA) is 92.6 Å². The van der Waals surface area contributed by atoms with Crippen LogP contribution >= 0.6 is 0 Å². The molecule has 23 heavy (non-hydrogen) atoms. The summed E-state index contributed by atoms with van der Waals surface area (Å²) in [4.78, 5) is 12.4. The first kappa shape index (κ1) is 19.4. The SMILES string of the molecule is CCCCN(C)c1ccc(S(=O)(=O)NC(C)(C)C)cc1[N+](=O)[O-]. The van der Waals surface area contributed by atoms with Gasteiger partial charge in [0.1, 0.15) is 5.69 Å². The molecule has 8 heteroatoms. The molecule has 0 saturated heterocycles. The lowest BCUT2D eigenvalue weighted by Crippen LogP contribution is -2.40. The minimum absolute atomic E-state index is 0.105. The van der Waals surface area contributed by atoms with Crippen LogP contribution in [0.2, 0.25) is 0 Å². The quantitative estimate of drug-likeness (QED) is 0.607. The van der Waals surface area contributed by atoms with Crippen LogP contribution in [-0.4, -0.2) is 32.5 Å². The Morgan fingerprint density at radius 3 is 2.39 bits per heavy atom. The minimum Gasteiger partial charge on any atom is -0.369 e. The van der Waals surface area contributed by atoms with Crippen LogP contribution in [0.4, 0.5) is 11.4 Å². The van der Waals surface area contributed by atoms with Gasteiger partial charge in [-0.2, -0.15) is 0 Å². The van der Waals surface area contributed by atoms with E-state index in [2.05, 4.69) is 4.72 Å². The molecule has 1 rings (SSSR count). The average molecular weight is 343 g/mol. The zero-order valence-corrected chi connectivity index (χ0v) is 15.1. The minimum atomic E-state index is -3.81. The van der Waals surface area contributed by atoms with Gasteiger partial charge in [-0.05, 0) is 39.3 Å². The molecule has 0 aromatic heterocycles. The van der Waals surface area contributed by atoms with E-state index in [1.54, 1.807) is 32.7 Å². The Balaban J connectivity index is 3.26. The Morgan fingerprint density at radius 1 is 1.30 bits per heavy atom. The second kappa shape index (κ2) is 7.27. The number of anilines is 1. The van der Waals surface area contributed by atoms with Gasteiger partial charge in [0.05, 0.1) is 9.82 Å². The molecule has 0 amide bonds. The van der Waals surface area contributed by atoms with Crippen molar-refractivity contribution in [3.8, 4) is 0 Å². The molecule has 1 N–H and O–H groups in total. The Hall–Kier alpha value is -1.67. The predicted octanol–water partition coefficient (Wildman–Crippen LogP) is 2.91. The molecule has 0 unspecified atom stereocenters. The maximum Gasteiger partial charge on any atom is 0.293 e. The molecule has 1 aromatic carbocycles. The normalized spacial score (nSPS) is 12.2. The van der Waals surface area contributed by atoms with Crippen molar-refractivity contribution in [1.82, 2.24) is 4.72 Å². The van der Waals surface area contributed by atoms with Crippen molar-refractivity contribution in [1.29, 1.82) is 0 Å². The largest absolute Gasteiger partial charge is 0.369 e. The maximum atomic E-state index is 12.3. The second-order valence-corrected chi connectivity index (χ2v) is 8.22. The number of nitrogens with zero attached hydrogens (tertiary/aromatic N) is 2. The number of unbranched alkanes of at least 4 members (excludes halogenated alkanes) is 1. The number of hydrogen-bond donors (Lipinski definition) is 1. The van der Waals surface area contributed by atoms with Crippen molar-refractivity contribution < 1.29 is 13.3 Å². The van der Waals surface area contributed by atoms with Gasteiger partial charge in [-0.25, -0.2) is 13.1 Å². The van der Waals surface area contributed by atoms with E-state index < -0.39 is 20.5 Å². The van der Waals surface area contributed by atoms with E-state index >= 15 is 0 Å². The molecule has 0 fully saturated rings. The number of benzene rings is 1. The van der Waals surface area contributed by atoms with E-state index in [-0.39, 0.29) is 10.6 Å². The molecule has 130 valence electrons. The summed E-state index contributed by atoms with van der Waals surface area (Å²) in [7, 11) is -2.04. The van der Waals surface area contributed by atoms with E-state index in [0.717, 1.165) is 18.9 Å². The molecular weight excluding hydrogens is 318 g/mol. The Labute approximate surface area is 137 Å². The number of rotatable bonds is 7. The van der Waals surface area contributed by atoms with Gasteiger partial charge in [0.25, 0.3) is 5.69 Å². The lowest BCUT2D eigenvalue weighted by atomic mass is 10.1. The average Bonchev–Trinajstić information content (AvgIpc) is 2.41. The van der Waals surface area contributed by atoms with E-state index in [1.807, 2.05) is 6.92 Å². The highest BCUT2D eigenvalue weighted by molar-refractivity contribution is 7.89. The summed E-state index contributed by atoms with van der Waals surface area (Å²) >= 11 is 0. The van der Waals surface area contributed by atoms with Crippen LogP contribution in [0.1, 0.15) is 40.5 Å². The van der Waals surface area contributed by atoms with Crippen molar-refractivity contribution in [2.45, 2.75) is 51.0 Å². The molecule has 0 spiro atoms. The molecule has 0 bridgehead atoms. The van der Waals surface area contributed by atoms with E-state index in [4.69, 9.17) is 0 Å². The van der Waals surface area contributed by atoms with Gasteiger partial charge in [0.15, 0.2) is 0 Å². The molecule has 0 radical (unpaired) electrons. The third-order valence-electron chi connectivity index (χ3n) is 3.15. The summed E-state index contributed by atoms with van der Waals surface area (Å²) in [5.74, 6) is 0.